The van der Waals surface area contributed by atoms with E-state index >= 15 is 0 Å². The van der Waals surface area contributed by atoms with Gasteiger partial charge in [-0.15, -0.1) is 0 Å². The normalized spacial score (nSPS) is 23.7. The zero-order valence-corrected chi connectivity index (χ0v) is 7.39. The van der Waals surface area contributed by atoms with E-state index in [-0.39, 0.29) is 5.92 Å². The van der Waals surface area contributed by atoms with Gasteiger partial charge in [-0.2, -0.15) is 0 Å². The highest BCUT2D eigenvalue weighted by Gasteiger charge is 2.37. The third kappa shape index (κ3) is 2.16. The summed E-state index contributed by atoms with van der Waals surface area (Å²) < 4.78 is 13.4. The van der Waals surface area contributed by atoms with Gasteiger partial charge >= 0.3 is 0 Å². The molecule has 2 heteroatoms. The molecule has 0 aromatic rings. The van der Waals surface area contributed by atoms with Crippen LogP contribution in [0.5, 0.6) is 0 Å². The Balaban J connectivity index is 2.38. The summed E-state index contributed by atoms with van der Waals surface area (Å²) in [5.41, 5.74) is 5.50. The average molecular weight is 159 g/mol. The van der Waals surface area contributed by atoms with Crippen molar-refractivity contribution < 1.29 is 4.39 Å². The van der Waals surface area contributed by atoms with Crippen molar-refractivity contribution in [2.45, 2.75) is 32.9 Å². The lowest BCUT2D eigenvalue weighted by molar-refractivity contribution is 0.163. The van der Waals surface area contributed by atoms with E-state index in [9.17, 15) is 4.39 Å². The first-order valence-electron chi connectivity index (χ1n) is 4.51. The monoisotopic (exact) mass is 159 g/mol. The van der Waals surface area contributed by atoms with E-state index < -0.39 is 6.17 Å². The van der Waals surface area contributed by atoms with E-state index in [2.05, 4.69) is 0 Å². The Morgan fingerprint density at radius 2 is 2.00 bits per heavy atom. The summed E-state index contributed by atoms with van der Waals surface area (Å²) in [5.74, 6) is 0.809. The lowest BCUT2D eigenvalue weighted by Gasteiger charge is -2.22. The summed E-state index contributed by atoms with van der Waals surface area (Å²) in [6.45, 7) is 4.59. The molecular weight excluding hydrogens is 141 g/mol. The SMILES string of the molecule is CC(C)C(CN)C(F)C1CC1. The number of rotatable bonds is 4. The molecule has 2 unspecified atom stereocenters. The van der Waals surface area contributed by atoms with Crippen LogP contribution in [-0.2, 0) is 0 Å². The van der Waals surface area contributed by atoms with Gasteiger partial charge in [-0.1, -0.05) is 13.8 Å². The molecule has 1 rings (SSSR count). The van der Waals surface area contributed by atoms with Crippen molar-refractivity contribution in [1.29, 1.82) is 0 Å². The Bertz CT molecular complexity index is 121. The summed E-state index contributed by atoms with van der Waals surface area (Å²) >= 11 is 0. The molecule has 1 aliphatic carbocycles. The Morgan fingerprint density at radius 3 is 2.27 bits per heavy atom. The molecule has 0 bridgehead atoms. The van der Waals surface area contributed by atoms with Crippen LogP contribution in [0, 0.1) is 17.8 Å². The summed E-state index contributed by atoms with van der Waals surface area (Å²) in [7, 11) is 0. The highest BCUT2D eigenvalue weighted by molar-refractivity contribution is 4.87. The topological polar surface area (TPSA) is 26.0 Å². The Morgan fingerprint density at radius 1 is 1.45 bits per heavy atom. The maximum absolute atomic E-state index is 13.4. The van der Waals surface area contributed by atoms with E-state index in [1.807, 2.05) is 13.8 Å². The van der Waals surface area contributed by atoms with Crippen LogP contribution >= 0.6 is 0 Å². The summed E-state index contributed by atoms with van der Waals surface area (Å²) in [4.78, 5) is 0. The molecule has 2 N–H and O–H groups in total. The van der Waals surface area contributed by atoms with Gasteiger partial charge in [-0.25, -0.2) is 4.39 Å². The van der Waals surface area contributed by atoms with Crippen molar-refractivity contribution in [3.05, 3.63) is 0 Å². The summed E-state index contributed by atoms with van der Waals surface area (Å²) in [6.07, 6.45) is 1.51. The highest BCUT2D eigenvalue weighted by Crippen LogP contribution is 2.39. The molecular formula is C9H18FN. The van der Waals surface area contributed by atoms with Crippen molar-refractivity contribution in [3.8, 4) is 0 Å². The first kappa shape index (κ1) is 8.98. The first-order chi connectivity index (χ1) is 5.16. The van der Waals surface area contributed by atoms with E-state index in [1.54, 1.807) is 0 Å². The molecule has 0 radical (unpaired) electrons. The minimum atomic E-state index is -0.639. The number of hydrogen-bond donors (Lipinski definition) is 1. The van der Waals surface area contributed by atoms with Crippen molar-refractivity contribution >= 4 is 0 Å². The third-order valence-electron chi connectivity index (χ3n) is 2.61. The molecule has 66 valence electrons. The van der Waals surface area contributed by atoms with Gasteiger partial charge in [-0.05, 0) is 31.2 Å². The molecule has 1 fully saturated rings. The molecule has 1 aliphatic rings. The molecule has 0 amide bonds. The van der Waals surface area contributed by atoms with E-state index in [0.717, 1.165) is 12.8 Å². The van der Waals surface area contributed by atoms with Gasteiger partial charge in [0.05, 0.1) is 0 Å². The van der Waals surface area contributed by atoms with Gasteiger partial charge < -0.3 is 5.73 Å². The van der Waals surface area contributed by atoms with Crippen LogP contribution in [-0.4, -0.2) is 12.7 Å². The minimum absolute atomic E-state index is 0.0856. The van der Waals surface area contributed by atoms with Crippen LogP contribution in [0.25, 0.3) is 0 Å². The molecule has 0 saturated heterocycles. The smallest absolute Gasteiger partial charge is 0.107 e. The number of halogens is 1. The van der Waals surface area contributed by atoms with Gasteiger partial charge in [0.1, 0.15) is 6.17 Å². The molecule has 2 atom stereocenters. The Labute approximate surface area is 68.2 Å². The van der Waals surface area contributed by atoms with Crippen LogP contribution in [0.2, 0.25) is 0 Å². The molecule has 1 saturated carbocycles. The second-order valence-electron chi connectivity index (χ2n) is 3.93. The largest absolute Gasteiger partial charge is 0.330 e. The highest BCUT2D eigenvalue weighted by atomic mass is 19.1. The molecule has 0 aliphatic heterocycles. The van der Waals surface area contributed by atoms with Gasteiger partial charge in [0.15, 0.2) is 0 Å². The lowest BCUT2D eigenvalue weighted by Crippen LogP contribution is -2.30. The minimum Gasteiger partial charge on any atom is -0.330 e. The van der Waals surface area contributed by atoms with Crippen LogP contribution < -0.4 is 5.73 Å². The Hall–Kier alpha value is -0.110. The van der Waals surface area contributed by atoms with Gasteiger partial charge in [0, 0.05) is 5.92 Å². The lowest BCUT2D eigenvalue weighted by atomic mass is 9.89. The van der Waals surface area contributed by atoms with Crippen molar-refractivity contribution in [2.24, 2.45) is 23.5 Å². The molecule has 11 heavy (non-hydrogen) atoms. The Kier molecular flexibility index (Phi) is 2.88. The fourth-order valence-corrected chi connectivity index (χ4v) is 1.53. The molecule has 0 spiro atoms. The summed E-state index contributed by atoms with van der Waals surface area (Å²) in [5, 5.41) is 0. The van der Waals surface area contributed by atoms with E-state index in [0.29, 0.717) is 18.4 Å². The molecule has 1 nitrogen and oxygen atoms in total. The fourth-order valence-electron chi connectivity index (χ4n) is 1.53. The van der Waals surface area contributed by atoms with Gasteiger partial charge in [0.25, 0.3) is 0 Å². The maximum Gasteiger partial charge on any atom is 0.107 e. The predicted molar refractivity (Wildman–Crippen MR) is 45.0 cm³/mol. The van der Waals surface area contributed by atoms with Crippen molar-refractivity contribution in [1.82, 2.24) is 0 Å². The van der Waals surface area contributed by atoms with Gasteiger partial charge in [0.2, 0.25) is 0 Å². The molecule has 0 heterocycles. The quantitative estimate of drug-likeness (QED) is 0.666. The number of nitrogens with two attached hydrogens (primary N) is 1. The van der Waals surface area contributed by atoms with Crippen LogP contribution in [0.3, 0.4) is 0 Å². The van der Waals surface area contributed by atoms with E-state index in [1.165, 1.54) is 0 Å². The second kappa shape index (κ2) is 3.53. The van der Waals surface area contributed by atoms with Crippen LogP contribution in [0.4, 0.5) is 4.39 Å². The maximum atomic E-state index is 13.4. The molecule has 0 aromatic carbocycles. The zero-order chi connectivity index (χ0) is 8.43. The van der Waals surface area contributed by atoms with E-state index in [4.69, 9.17) is 5.73 Å². The van der Waals surface area contributed by atoms with Crippen molar-refractivity contribution in [3.63, 3.8) is 0 Å². The average Bonchev–Trinajstić information content (AvgIpc) is 2.68. The number of hydrogen-bond acceptors (Lipinski definition) is 1. The van der Waals surface area contributed by atoms with Crippen molar-refractivity contribution in [2.75, 3.05) is 6.54 Å². The summed E-state index contributed by atoms with van der Waals surface area (Å²) in [6, 6.07) is 0. The number of alkyl halides is 1. The first-order valence-corrected chi connectivity index (χ1v) is 4.51. The second-order valence-corrected chi connectivity index (χ2v) is 3.93. The van der Waals surface area contributed by atoms with Crippen LogP contribution in [0.15, 0.2) is 0 Å². The standard InChI is InChI=1S/C9H18FN/c1-6(2)8(5-11)9(10)7-3-4-7/h6-9H,3-5,11H2,1-2H3. The fraction of sp³-hybridized carbons (Fsp3) is 1.00. The third-order valence-corrected chi connectivity index (χ3v) is 2.61. The zero-order valence-electron chi connectivity index (χ0n) is 7.39. The van der Waals surface area contributed by atoms with Crippen LogP contribution in [0.1, 0.15) is 26.7 Å². The predicted octanol–water partition coefficient (Wildman–Crippen LogP) is 1.97. The molecule has 0 aromatic heterocycles. The van der Waals surface area contributed by atoms with Gasteiger partial charge in [-0.3, -0.25) is 0 Å².